The zero-order chi connectivity index (χ0) is 31.7. The molecule has 2 saturated carbocycles. The Hall–Kier alpha value is -3.59. The van der Waals surface area contributed by atoms with Gasteiger partial charge in [-0.15, -0.1) is 0 Å². The minimum atomic E-state index is -0.994. The molecule has 2 aromatic carbocycles. The highest BCUT2D eigenvalue weighted by Crippen LogP contribution is 2.37. The van der Waals surface area contributed by atoms with Crippen LogP contribution >= 0.6 is 0 Å². The number of hydrogen-bond acceptors (Lipinski definition) is 5. The van der Waals surface area contributed by atoms with E-state index in [-0.39, 0.29) is 30.5 Å². The third kappa shape index (κ3) is 9.45. The predicted molar refractivity (Wildman–Crippen MR) is 172 cm³/mol. The summed E-state index contributed by atoms with van der Waals surface area (Å²) < 4.78 is 5.41. The van der Waals surface area contributed by atoms with Crippen LogP contribution in [0.4, 0.5) is 15.3 Å². The van der Waals surface area contributed by atoms with Crippen molar-refractivity contribution in [3.63, 3.8) is 0 Å². The van der Waals surface area contributed by atoms with E-state index in [1.807, 2.05) is 69.3 Å². The number of aliphatic hydroxyl groups is 1. The maximum Gasteiger partial charge on any atom is 0.412 e. The standard InChI is InChI=1S/C35H49N3O6/c1-35(2,3)44-33(41)37-28-16-18-29(19-17-28)38(34(42)43)31-22-24(13-20-30(31)26-9-5-4-6-10-26)8-7-21-36-32(40)27-14-11-25(23-39)12-15-27/h4-6,9-10,13,20,22,25,27-29,39H,7-8,11-12,14-19,21,23H2,1-3H3,(H,36,40)(H,37,41)(H,42,43)/t25-,27-,28?,29?. The van der Waals surface area contributed by atoms with Crippen molar-refractivity contribution in [1.29, 1.82) is 0 Å². The van der Waals surface area contributed by atoms with Crippen LogP contribution in [0.25, 0.3) is 11.1 Å². The molecule has 2 aliphatic carbocycles. The first-order valence-corrected chi connectivity index (χ1v) is 16.1. The van der Waals surface area contributed by atoms with E-state index < -0.39 is 17.8 Å². The molecule has 2 aromatic rings. The molecule has 4 rings (SSSR count). The van der Waals surface area contributed by atoms with E-state index >= 15 is 0 Å². The predicted octanol–water partition coefficient (Wildman–Crippen LogP) is 6.52. The molecular formula is C35H49N3O6. The van der Waals surface area contributed by atoms with Crippen molar-refractivity contribution >= 4 is 23.8 Å². The van der Waals surface area contributed by atoms with Crippen LogP contribution in [0.1, 0.15) is 84.1 Å². The summed E-state index contributed by atoms with van der Waals surface area (Å²) >= 11 is 0. The Morgan fingerprint density at radius 2 is 1.61 bits per heavy atom. The number of nitrogens with one attached hydrogen (secondary N) is 2. The number of aliphatic hydroxyl groups excluding tert-OH is 1. The van der Waals surface area contributed by atoms with Gasteiger partial charge in [-0.05, 0) is 108 Å². The molecule has 9 nitrogen and oxygen atoms in total. The quantitative estimate of drug-likeness (QED) is 0.228. The normalized spacial score (nSPS) is 22.1. The van der Waals surface area contributed by atoms with Crippen LogP contribution in [-0.2, 0) is 16.0 Å². The van der Waals surface area contributed by atoms with E-state index in [1.54, 1.807) is 0 Å². The molecule has 0 heterocycles. The third-order valence-electron chi connectivity index (χ3n) is 8.81. The maximum absolute atomic E-state index is 12.8. The number of ether oxygens (including phenoxy) is 1. The van der Waals surface area contributed by atoms with Gasteiger partial charge in [-0.3, -0.25) is 9.69 Å². The Bertz CT molecular complexity index is 1240. The van der Waals surface area contributed by atoms with Gasteiger partial charge in [-0.2, -0.15) is 0 Å². The zero-order valence-electron chi connectivity index (χ0n) is 26.4. The largest absolute Gasteiger partial charge is 0.465 e. The number of rotatable bonds is 10. The fourth-order valence-corrected chi connectivity index (χ4v) is 6.46. The van der Waals surface area contributed by atoms with Crippen molar-refractivity contribution in [3.05, 3.63) is 54.1 Å². The smallest absolute Gasteiger partial charge is 0.412 e. The van der Waals surface area contributed by atoms with Crippen molar-refractivity contribution in [1.82, 2.24) is 10.6 Å². The molecule has 0 bridgehead atoms. The van der Waals surface area contributed by atoms with Gasteiger partial charge in [-0.1, -0.05) is 42.5 Å². The van der Waals surface area contributed by atoms with Gasteiger partial charge in [0.15, 0.2) is 0 Å². The monoisotopic (exact) mass is 607 g/mol. The van der Waals surface area contributed by atoms with Gasteiger partial charge in [0.05, 0.1) is 5.69 Å². The summed E-state index contributed by atoms with van der Waals surface area (Å²) in [6.07, 6.45) is 6.03. The summed E-state index contributed by atoms with van der Waals surface area (Å²) in [5.41, 5.74) is 2.91. The van der Waals surface area contributed by atoms with Crippen LogP contribution in [0.2, 0.25) is 0 Å². The van der Waals surface area contributed by atoms with Gasteiger partial charge >= 0.3 is 12.2 Å². The van der Waals surface area contributed by atoms with Crippen molar-refractivity contribution in [2.45, 2.75) is 103 Å². The van der Waals surface area contributed by atoms with Crippen LogP contribution in [0, 0.1) is 11.8 Å². The fourth-order valence-electron chi connectivity index (χ4n) is 6.46. The SMILES string of the molecule is CC(C)(C)OC(=O)NC1CCC(N(C(=O)O)c2cc(CCCNC(=O)[C@H]3CC[C@H](CO)CC3)ccc2-c2ccccc2)CC1. The highest BCUT2D eigenvalue weighted by atomic mass is 16.6. The second-order valence-electron chi connectivity index (χ2n) is 13.3. The summed E-state index contributed by atoms with van der Waals surface area (Å²) in [7, 11) is 0. The van der Waals surface area contributed by atoms with Gasteiger partial charge in [0.1, 0.15) is 5.60 Å². The summed E-state index contributed by atoms with van der Waals surface area (Å²) in [6, 6.07) is 15.6. The van der Waals surface area contributed by atoms with E-state index in [1.165, 1.54) is 4.90 Å². The van der Waals surface area contributed by atoms with Crippen molar-refractivity contribution in [2.75, 3.05) is 18.1 Å². The number of nitrogens with zero attached hydrogens (tertiary/aromatic N) is 1. The number of aryl methyl sites for hydroxylation is 1. The number of hydrogen-bond donors (Lipinski definition) is 4. The molecule has 0 unspecified atom stereocenters. The van der Waals surface area contributed by atoms with E-state index in [0.717, 1.165) is 48.8 Å². The Morgan fingerprint density at radius 3 is 2.23 bits per heavy atom. The lowest BCUT2D eigenvalue weighted by molar-refractivity contribution is -0.126. The lowest BCUT2D eigenvalue weighted by Gasteiger charge is -2.36. The molecule has 2 aliphatic rings. The summed E-state index contributed by atoms with van der Waals surface area (Å²) in [4.78, 5) is 39.3. The molecule has 240 valence electrons. The topological polar surface area (TPSA) is 128 Å². The lowest BCUT2D eigenvalue weighted by atomic mass is 9.82. The molecule has 0 aliphatic heterocycles. The van der Waals surface area contributed by atoms with Crippen molar-refractivity contribution in [3.8, 4) is 11.1 Å². The Labute approximate surface area is 261 Å². The van der Waals surface area contributed by atoms with Crippen LogP contribution in [0.5, 0.6) is 0 Å². The molecule has 44 heavy (non-hydrogen) atoms. The molecule has 3 amide bonds. The first kappa shape index (κ1) is 33.3. The van der Waals surface area contributed by atoms with Crippen molar-refractivity contribution < 1.29 is 29.3 Å². The van der Waals surface area contributed by atoms with E-state index in [2.05, 4.69) is 10.6 Å². The number of alkyl carbamates (subject to hydrolysis) is 1. The van der Waals surface area contributed by atoms with Gasteiger partial charge < -0.3 is 25.6 Å². The minimum absolute atomic E-state index is 0.0214. The molecule has 0 aromatic heterocycles. The maximum atomic E-state index is 12.8. The Morgan fingerprint density at radius 1 is 0.932 bits per heavy atom. The molecular weight excluding hydrogens is 558 g/mol. The molecule has 4 N–H and O–H groups in total. The first-order chi connectivity index (χ1) is 21.0. The number of benzene rings is 2. The average molecular weight is 608 g/mol. The Balaban J connectivity index is 1.42. The van der Waals surface area contributed by atoms with Gasteiger partial charge in [0, 0.05) is 36.7 Å². The number of amides is 3. The molecule has 9 heteroatoms. The highest BCUT2D eigenvalue weighted by molar-refractivity contribution is 5.93. The van der Waals surface area contributed by atoms with E-state index in [4.69, 9.17) is 4.74 Å². The van der Waals surface area contributed by atoms with Gasteiger partial charge in [-0.25, -0.2) is 9.59 Å². The zero-order valence-corrected chi connectivity index (χ0v) is 26.4. The molecule has 0 atom stereocenters. The van der Waals surface area contributed by atoms with Gasteiger partial charge in [0.2, 0.25) is 5.91 Å². The fraction of sp³-hybridized carbons (Fsp3) is 0.571. The summed E-state index contributed by atoms with van der Waals surface area (Å²) in [5, 5.41) is 25.9. The molecule has 2 fully saturated rings. The highest BCUT2D eigenvalue weighted by Gasteiger charge is 2.33. The van der Waals surface area contributed by atoms with E-state index in [0.29, 0.717) is 50.3 Å². The molecule has 0 radical (unpaired) electrons. The number of carbonyl (C=O) groups is 3. The number of carbonyl (C=O) groups excluding carboxylic acids is 2. The van der Waals surface area contributed by atoms with Crippen molar-refractivity contribution in [2.24, 2.45) is 11.8 Å². The summed E-state index contributed by atoms with van der Waals surface area (Å²) in [5.74, 6) is 0.435. The second kappa shape index (κ2) is 15.4. The number of anilines is 1. The molecule has 0 saturated heterocycles. The van der Waals surface area contributed by atoms with E-state index in [9.17, 15) is 24.6 Å². The first-order valence-electron chi connectivity index (χ1n) is 16.1. The van der Waals surface area contributed by atoms with Crippen LogP contribution in [-0.4, -0.2) is 59.1 Å². The average Bonchev–Trinajstić information content (AvgIpc) is 2.99. The van der Waals surface area contributed by atoms with Crippen LogP contribution < -0.4 is 15.5 Å². The third-order valence-corrected chi connectivity index (χ3v) is 8.81. The van der Waals surface area contributed by atoms with Crippen LogP contribution in [0.3, 0.4) is 0 Å². The lowest BCUT2D eigenvalue weighted by Crippen LogP contribution is -2.47. The Kier molecular flexibility index (Phi) is 11.7. The molecule has 0 spiro atoms. The number of carboxylic acid groups (broad SMARTS) is 1. The minimum Gasteiger partial charge on any atom is -0.465 e. The van der Waals surface area contributed by atoms with Gasteiger partial charge in [0.25, 0.3) is 0 Å². The second-order valence-corrected chi connectivity index (χ2v) is 13.3. The summed E-state index contributed by atoms with van der Waals surface area (Å²) in [6.45, 7) is 6.24. The van der Waals surface area contributed by atoms with Crippen LogP contribution in [0.15, 0.2) is 48.5 Å².